The lowest BCUT2D eigenvalue weighted by Crippen LogP contribution is -1.89. The van der Waals surface area contributed by atoms with E-state index in [0.29, 0.717) is 0 Å². The van der Waals surface area contributed by atoms with Crippen LogP contribution in [0.25, 0.3) is 0 Å². The summed E-state index contributed by atoms with van der Waals surface area (Å²) in [5.74, 6) is 0. The molecular weight excluding hydrogens is 216 g/mol. The molecule has 18 heavy (non-hydrogen) atoms. The van der Waals surface area contributed by atoms with E-state index in [-0.39, 0.29) is 0 Å². The Bertz CT molecular complexity index is 332. The lowest BCUT2D eigenvalue weighted by molar-refractivity contribution is 0.607. The van der Waals surface area contributed by atoms with E-state index >= 15 is 0 Å². The summed E-state index contributed by atoms with van der Waals surface area (Å²) in [6.45, 7) is 8.32. The minimum absolute atomic E-state index is 1.01. The topological polar surface area (TPSA) is 0 Å². The summed E-state index contributed by atoms with van der Waals surface area (Å²) in [7, 11) is 0. The molecule has 0 bridgehead atoms. The first-order chi connectivity index (χ1) is 8.72. The molecule has 0 heterocycles. The van der Waals surface area contributed by atoms with Gasteiger partial charge in [0.05, 0.1) is 0 Å². The zero-order chi connectivity index (χ0) is 13.2. The SMILES string of the molecule is C=C(C)Cc1ccc(CCCCCCCC)cc1. The highest BCUT2D eigenvalue weighted by Crippen LogP contribution is 2.12. The maximum atomic E-state index is 3.96. The molecule has 0 atom stereocenters. The first-order valence-corrected chi connectivity index (χ1v) is 7.44. The van der Waals surface area contributed by atoms with E-state index in [0.717, 1.165) is 6.42 Å². The predicted molar refractivity (Wildman–Crippen MR) is 82.0 cm³/mol. The minimum Gasteiger partial charge on any atom is -0.0998 e. The van der Waals surface area contributed by atoms with E-state index in [1.165, 1.54) is 61.6 Å². The molecule has 0 saturated heterocycles. The molecular formula is C18H28. The number of aryl methyl sites for hydroxylation is 1. The third-order valence-electron chi connectivity index (χ3n) is 3.35. The van der Waals surface area contributed by atoms with E-state index in [4.69, 9.17) is 0 Å². The quantitative estimate of drug-likeness (QED) is 0.385. The van der Waals surface area contributed by atoms with E-state index < -0.39 is 0 Å². The van der Waals surface area contributed by atoms with Crippen molar-refractivity contribution in [2.75, 3.05) is 0 Å². The van der Waals surface area contributed by atoms with E-state index in [1.807, 2.05) is 0 Å². The van der Waals surface area contributed by atoms with Gasteiger partial charge in [-0.05, 0) is 37.3 Å². The molecule has 1 aromatic rings. The second kappa shape index (κ2) is 8.97. The van der Waals surface area contributed by atoms with Crippen LogP contribution in [0.4, 0.5) is 0 Å². The Morgan fingerprint density at radius 2 is 1.44 bits per heavy atom. The monoisotopic (exact) mass is 244 g/mol. The molecule has 0 aromatic heterocycles. The summed E-state index contributed by atoms with van der Waals surface area (Å²) in [6.07, 6.45) is 10.5. The highest BCUT2D eigenvalue weighted by Gasteiger charge is 1.96. The molecule has 0 saturated carbocycles. The Morgan fingerprint density at radius 3 is 2.06 bits per heavy atom. The van der Waals surface area contributed by atoms with Gasteiger partial charge >= 0.3 is 0 Å². The molecule has 0 nitrogen and oxygen atoms in total. The highest BCUT2D eigenvalue weighted by atomic mass is 14.0. The molecule has 0 fully saturated rings. The minimum atomic E-state index is 1.01. The van der Waals surface area contributed by atoms with Gasteiger partial charge in [-0.2, -0.15) is 0 Å². The number of rotatable bonds is 9. The van der Waals surface area contributed by atoms with Crippen LogP contribution in [0.1, 0.15) is 63.5 Å². The number of hydrogen-bond acceptors (Lipinski definition) is 0. The molecule has 0 radical (unpaired) electrons. The highest BCUT2D eigenvalue weighted by molar-refractivity contribution is 5.25. The van der Waals surface area contributed by atoms with Crippen LogP contribution in [-0.4, -0.2) is 0 Å². The van der Waals surface area contributed by atoms with Crippen LogP contribution in [0.3, 0.4) is 0 Å². The third kappa shape index (κ3) is 6.64. The fourth-order valence-corrected chi connectivity index (χ4v) is 2.28. The van der Waals surface area contributed by atoms with Gasteiger partial charge in [-0.15, -0.1) is 0 Å². The third-order valence-corrected chi connectivity index (χ3v) is 3.35. The Kier molecular flexibility index (Phi) is 7.48. The molecule has 1 aromatic carbocycles. The zero-order valence-electron chi connectivity index (χ0n) is 12.2. The first kappa shape index (κ1) is 15.0. The van der Waals surface area contributed by atoms with Gasteiger partial charge in [-0.25, -0.2) is 0 Å². The van der Waals surface area contributed by atoms with Gasteiger partial charge in [0.25, 0.3) is 0 Å². The van der Waals surface area contributed by atoms with Gasteiger partial charge in [0.15, 0.2) is 0 Å². The zero-order valence-corrected chi connectivity index (χ0v) is 12.2. The second-order valence-electron chi connectivity index (χ2n) is 5.47. The average molecular weight is 244 g/mol. The summed E-state index contributed by atoms with van der Waals surface area (Å²) >= 11 is 0. The van der Waals surface area contributed by atoms with Crippen molar-refractivity contribution in [3.63, 3.8) is 0 Å². The number of unbranched alkanes of at least 4 members (excludes halogenated alkanes) is 5. The summed E-state index contributed by atoms with van der Waals surface area (Å²) in [4.78, 5) is 0. The summed E-state index contributed by atoms with van der Waals surface area (Å²) in [6, 6.07) is 9.07. The molecule has 1 rings (SSSR count). The van der Waals surface area contributed by atoms with Crippen LogP contribution in [0.15, 0.2) is 36.4 Å². The fourth-order valence-electron chi connectivity index (χ4n) is 2.28. The molecule has 0 aliphatic rings. The second-order valence-corrected chi connectivity index (χ2v) is 5.47. The van der Waals surface area contributed by atoms with Crippen LogP contribution in [0.5, 0.6) is 0 Å². The summed E-state index contributed by atoms with van der Waals surface area (Å²) < 4.78 is 0. The average Bonchev–Trinajstić information content (AvgIpc) is 2.35. The number of benzene rings is 1. The van der Waals surface area contributed by atoms with Crippen LogP contribution >= 0.6 is 0 Å². The fraction of sp³-hybridized carbons (Fsp3) is 0.556. The van der Waals surface area contributed by atoms with Crippen molar-refractivity contribution in [2.45, 2.75) is 65.2 Å². The summed E-state index contributed by atoms with van der Waals surface area (Å²) in [5.41, 5.74) is 4.10. The van der Waals surface area contributed by atoms with Crippen molar-refractivity contribution < 1.29 is 0 Å². The first-order valence-electron chi connectivity index (χ1n) is 7.44. The Balaban J connectivity index is 2.20. The van der Waals surface area contributed by atoms with E-state index in [2.05, 4.69) is 44.7 Å². The molecule has 100 valence electrons. The smallest absolute Gasteiger partial charge is 0.00726 e. The van der Waals surface area contributed by atoms with Crippen molar-refractivity contribution in [3.05, 3.63) is 47.5 Å². The molecule has 0 spiro atoms. The lowest BCUT2D eigenvalue weighted by Gasteiger charge is -2.04. The van der Waals surface area contributed by atoms with Crippen molar-refractivity contribution in [3.8, 4) is 0 Å². The van der Waals surface area contributed by atoms with Gasteiger partial charge in [0.2, 0.25) is 0 Å². The predicted octanol–water partition coefficient (Wildman–Crippen LogP) is 5.71. The maximum Gasteiger partial charge on any atom is -0.00726 e. The van der Waals surface area contributed by atoms with Gasteiger partial charge in [0, 0.05) is 0 Å². The molecule has 0 heteroatoms. The van der Waals surface area contributed by atoms with Crippen LogP contribution in [-0.2, 0) is 12.8 Å². The van der Waals surface area contributed by atoms with Gasteiger partial charge in [0.1, 0.15) is 0 Å². The van der Waals surface area contributed by atoms with E-state index in [9.17, 15) is 0 Å². The van der Waals surface area contributed by atoms with Crippen molar-refractivity contribution in [2.24, 2.45) is 0 Å². The Labute approximate surface area is 113 Å². The normalized spacial score (nSPS) is 10.6. The molecule has 0 amide bonds. The molecule has 0 N–H and O–H groups in total. The largest absolute Gasteiger partial charge is 0.0998 e. The number of allylic oxidation sites excluding steroid dienone is 1. The van der Waals surface area contributed by atoms with Crippen molar-refractivity contribution in [1.82, 2.24) is 0 Å². The van der Waals surface area contributed by atoms with E-state index in [1.54, 1.807) is 0 Å². The van der Waals surface area contributed by atoms with Gasteiger partial charge in [-0.3, -0.25) is 0 Å². The lowest BCUT2D eigenvalue weighted by atomic mass is 10.0. The molecule has 0 unspecified atom stereocenters. The Hall–Kier alpha value is -1.04. The molecule has 0 aliphatic carbocycles. The number of hydrogen-bond donors (Lipinski definition) is 0. The van der Waals surface area contributed by atoms with Crippen LogP contribution in [0, 0.1) is 0 Å². The van der Waals surface area contributed by atoms with Gasteiger partial charge < -0.3 is 0 Å². The van der Waals surface area contributed by atoms with Crippen LogP contribution in [0.2, 0.25) is 0 Å². The standard InChI is InChI=1S/C18H28/c1-4-5-6-7-8-9-10-17-11-13-18(14-12-17)15-16(2)3/h11-14H,2,4-10,15H2,1,3H3. The summed E-state index contributed by atoms with van der Waals surface area (Å²) in [5, 5.41) is 0. The van der Waals surface area contributed by atoms with Gasteiger partial charge in [-0.1, -0.05) is 75.4 Å². The molecule has 0 aliphatic heterocycles. The van der Waals surface area contributed by atoms with Crippen molar-refractivity contribution in [1.29, 1.82) is 0 Å². The van der Waals surface area contributed by atoms with Crippen LogP contribution < -0.4 is 0 Å². The Morgan fingerprint density at radius 1 is 0.889 bits per heavy atom. The maximum absolute atomic E-state index is 3.96. The van der Waals surface area contributed by atoms with Crippen molar-refractivity contribution >= 4 is 0 Å².